The van der Waals surface area contributed by atoms with Gasteiger partial charge >= 0.3 is 0 Å². The molecule has 0 saturated carbocycles. The van der Waals surface area contributed by atoms with Gasteiger partial charge in [0, 0.05) is 25.5 Å². The van der Waals surface area contributed by atoms with E-state index in [2.05, 4.69) is 39.1 Å². The molecule has 0 unspecified atom stereocenters. The van der Waals surface area contributed by atoms with E-state index in [0.717, 1.165) is 44.9 Å². The van der Waals surface area contributed by atoms with Crippen molar-refractivity contribution < 1.29 is 4.74 Å². The average Bonchev–Trinajstić information content (AvgIpc) is 2.87. The van der Waals surface area contributed by atoms with E-state index in [-0.39, 0.29) is 5.60 Å². The molecule has 4 heteroatoms. The van der Waals surface area contributed by atoms with E-state index in [9.17, 15) is 0 Å². The topological polar surface area (TPSA) is 38.2 Å². The summed E-state index contributed by atoms with van der Waals surface area (Å²) in [7, 11) is 0. The lowest BCUT2D eigenvalue weighted by Gasteiger charge is -2.41. The molecule has 21 heavy (non-hydrogen) atoms. The highest BCUT2D eigenvalue weighted by atomic mass is 16.5. The van der Waals surface area contributed by atoms with Crippen molar-refractivity contribution >= 4 is 0 Å². The number of aryl methyl sites for hydroxylation is 1. The Balaban J connectivity index is 1.56. The van der Waals surface area contributed by atoms with Gasteiger partial charge in [0.2, 0.25) is 0 Å². The van der Waals surface area contributed by atoms with Gasteiger partial charge in [0.1, 0.15) is 11.4 Å². The molecule has 2 aromatic rings. The van der Waals surface area contributed by atoms with Crippen LogP contribution in [0.25, 0.3) is 0 Å². The van der Waals surface area contributed by atoms with Crippen LogP contribution in [0.15, 0.2) is 42.7 Å². The van der Waals surface area contributed by atoms with E-state index < -0.39 is 0 Å². The zero-order chi connectivity index (χ0) is 14.1. The van der Waals surface area contributed by atoms with E-state index in [0.29, 0.717) is 0 Å². The van der Waals surface area contributed by atoms with Gasteiger partial charge in [0.05, 0.1) is 13.2 Å². The molecule has 108 valence electrons. The smallest absolute Gasteiger partial charge is 0.142 e. The molecule has 2 aliphatic rings. The molecule has 1 spiro atoms. The van der Waals surface area contributed by atoms with Gasteiger partial charge < -0.3 is 4.74 Å². The van der Waals surface area contributed by atoms with Crippen LogP contribution < -0.4 is 0 Å². The van der Waals surface area contributed by atoms with Crippen LogP contribution in [-0.2, 0) is 23.3 Å². The number of aromatic nitrogens is 2. The second-order valence-electron chi connectivity index (χ2n) is 5.88. The summed E-state index contributed by atoms with van der Waals surface area (Å²) in [5.41, 5.74) is 2.70. The Hall–Kier alpha value is -1.78. The summed E-state index contributed by atoms with van der Waals surface area (Å²) in [4.78, 5) is 11.1. The largest absolute Gasteiger partial charge is 0.368 e. The first kappa shape index (κ1) is 12.9. The number of hydrogen-bond acceptors (Lipinski definition) is 4. The van der Waals surface area contributed by atoms with Crippen molar-refractivity contribution in [3.63, 3.8) is 0 Å². The Labute approximate surface area is 124 Å². The number of nitrogens with zero attached hydrogens (tertiary/aromatic N) is 3. The highest BCUT2D eigenvalue weighted by molar-refractivity contribution is 5.38. The highest BCUT2D eigenvalue weighted by Crippen LogP contribution is 2.42. The number of fused-ring (bicyclic) bond motifs is 2. The van der Waals surface area contributed by atoms with Crippen LogP contribution in [0.2, 0.25) is 0 Å². The Bertz CT molecular complexity index is 627. The highest BCUT2D eigenvalue weighted by Gasteiger charge is 2.43. The van der Waals surface area contributed by atoms with Crippen LogP contribution in [0.5, 0.6) is 0 Å². The fraction of sp³-hybridized carbons (Fsp3) is 0.412. The number of rotatable bonds is 2. The van der Waals surface area contributed by atoms with Crippen LogP contribution >= 0.6 is 0 Å². The van der Waals surface area contributed by atoms with Gasteiger partial charge in [-0.15, -0.1) is 0 Å². The van der Waals surface area contributed by atoms with Gasteiger partial charge in [-0.25, -0.2) is 9.97 Å². The predicted molar refractivity (Wildman–Crippen MR) is 79.7 cm³/mol. The summed E-state index contributed by atoms with van der Waals surface area (Å²) >= 11 is 0. The van der Waals surface area contributed by atoms with Crippen LogP contribution in [0, 0.1) is 0 Å². The molecule has 1 aliphatic carbocycles. The summed E-state index contributed by atoms with van der Waals surface area (Å²) in [5, 5.41) is 0. The van der Waals surface area contributed by atoms with E-state index in [1.165, 1.54) is 11.1 Å². The molecule has 2 heterocycles. The monoisotopic (exact) mass is 281 g/mol. The first-order chi connectivity index (χ1) is 10.4. The van der Waals surface area contributed by atoms with E-state index in [4.69, 9.17) is 4.74 Å². The zero-order valence-electron chi connectivity index (χ0n) is 12.0. The third-order valence-electron chi connectivity index (χ3n) is 4.56. The summed E-state index contributed by atoms with van der Waals surface area (Å²) in [5.74, 6) is 0.890. The number of ether oxygens (including phenoxy) is 1. The third kappa shape index (κ3) is 2.34. The Morgan fingerprint density at radius 3 is 2.90 bits per heavy atom. The average molecular weight is 281 g/mol. The molecule has 1 aromatic carbocycles. The zero-order valence-corrected chi connectivity index (χ0v) is 12.0. The number of hydrogen-bond donors (Lipinski definition) is 0. The minimum atomic E-state index is -0.121. The van der Waals surface area contributed by atoms with Crippen molar-refractivity contribution in [2.75, 3.05) is 19.7 Å². The lowest BCUT2D eigenvalue weighted by atomic mass is 9.93. The molecule has 1 saturated heterocycles. The molecular weight excluding hydrogens is 262 g/mol. The van der Waals surface area contributed by atoms with Crippen molar-refractivity contribution in [1.29, 1.82) is 0 Å². The maximum absolute atomic E-state index is 6.24. The number of morpholine rings is 1. The standard InChI is InChI=1S/C17H19N3O/c1-2-5-15-14(4-1)6-7-17(15)13-20(10-11-21-17)12-16-18-8-3-9-19-16/h1-5,8-9H,6-7,10-13H2/t17-/m0/s1. The van der Waals surface area contributed by atoms with Crippen LogP contribution in [0.1, 0.15) is 23.4 Å². The number of benzene rings is 1. The molecular formula is C17H19N3O. The van der Waals surface area contributed by atoms with Gasteiger partial charge in [-0.1, -0.05) is 24.3 Å². The van der Waals surface area contributed by atoms with Crippen molar-refractivity contribution in [2.45, 2.75) is 25.0 Å². The fourth-order valence-corrected chi connectivity index (χ4v) is 3.57. The van der Waals surface area contributed by atoms with Crippen molar-refractivity contribution in [1.82, 2.24) is 14.9 Å². The minimum Gasteiger partial charge on any atom is -0.368 e. The van der Waals surface area contributed by atoms with Gasteiger partial charge in [-0.2, -0.15) is 0 Å². The predicted octanol–water partition coefficient (Wildman–Crippen LogP) is 2.15. The molecule has 0 radical (unpaired) electrons. The molecule has 0 bridgehead atoms. The van der Waals surface area contributed by atoms with Gasteiger partial charge in [-0.05, 0) is 30.0 Å². The SMILES string of the molecule is c1cnc(CN2CCO[C@@]3(CCc4ccccc43)C2)nc1. The normalized spacial score (nSPS) is 25.1. The fourth-order valence-electron chi connectivity index (χ4n) is 3.57. The van der Waals surface area contributed by atoms with Crippen LogP contribution in [0.3, 0.4) is 0 Å². The van der Waals surface area contributed by atoms with Gasteiger partial charge in [0.25, 0.3) is 0 Å². The van der Waals surface area contributed by atoms with Crippen LogP contribution in [-0.4, -0.2) is 34.6 Å². The lowest BCUT2D eigenvalue weighted by Crippen LogP contribution is -2.48. The summed E-state index contributed by atoms with van der Waals surface area (Å²) in [6.45, 7) is 3.46. The quantitative estimate of drug-likeness (QED) is 0.845. The molecule has 4 nitrogen and oxygen atoms in total. The molecule has 0 amide bonds. The summed E-state index contributed by atoms with van der Waals surface area (Å²) in [6, 6.07) is 10.6. The Kier molecular flexibility index (Phi) is 3.20. The maximum Gasteiger partial charge on any atom is 0.142 e. The van der Waals surface area contributed by atoms with Crippen LogP contribution in [0.4, 0.5) is 0 Å². The molecule has 0 N–H and O–H groups in total. The lowest BCUT2D eigenvalue weighted by molar-refractivity contribution is -0.116. The van der Waals surface area contributed by atoms with E-state index >= 15 is 0 Å². The summed E-state index contributed by atoms with van der Waals surface area (Å²) in [6.07, 6.45) is 5.82. The van der Waals surface area contributed by atoms with Gasteiger partial charge in [-0.3, -0.25) is 4.90 Å². The van der Waals surface area contributed by atoms with E-state index in [1.807, 2.05) is 18.5 Å². The molecule has 1 aromatic heterocycles. The second-order valence-corrected chi connectivity index (χ2v) is 5.88. The van der Waals surface area contributed by atoms with Crippen molar-refractivity contribution in [3.05, 3.63) is 59.7 Å². The minimum absolute atomic E-state index is 0.121. The first-order valence-electron chi connectivity index (χ1n) is 7.56. The van der Waals surface area contributed by atoms with E-state index in [1.54, 1.807) is 0 Å². The molecule has 1 aliphatic heterocycles. The molecule has 4 rings (SSSR count). The second kappa shape index (κ2) is 5.20. The molecule has 1 atom stereocenters. The first-order valence-corrected chi connectivity index (χ1v) is 7.56. The maximum atomic E-state index is 6.24. The summed E-state index contributed by atoms with van der Waals surface area (Å²) < 4.78 is 6.24. The van der Waals surface area contributed by atoms with Crippen molar-refractivity contribution in [2.24, 2.45) is 0 Å². The van der Waals surface area contributed by atoms with Crippen molar-refractivity contribution in [3.8, 4) is 0 Å². The Morgan fingerprint density at radius 1 is 1.14 bits per heavy atom. The molecule has 1 fully saturated rings. The third-order valence-corrected chi connectivity index (χ3v) is 4.56. The Morgan fingerprint density at radius 2 is 2.00 bits per heavy atom. The van der Waals surface area contributed by atoms with Gasteiger partial charge in [0.15, 0.2) is 0 Å².